The SMILES string of the molecule is CNCCC#Cc1ccc(NC(C)=O)c([N+](=O)[O-])c1. The first-order chi connectivity index (χ1) is 9.04. The van der Waals surface area contributed by atoms with E-state index in [1.165, 1.54) is 19.1 Å². The molecule has 1 aromatic rings. The van der Waals surface area contributed by atoms with E-state index < -0.39 is 4.92 Å². The number of carbonyl (C=O) groups excluding carboxylic acids is 1. The zero-order valence-electron chi connectivity index (χ0n) is 10.8. The zero-order valence-corrected chi connectivity index (χ0v) is 10.8. The lowest BCUT2D eigenvalue weighted by Gasteiger charge is -2.03. The molecule has 0 aliphatic heterocycles. The van der Waals surface area contributed by atoms with Gasteiger partial charge in [-0.3, -0.25) is 14.9 Å². The Morgan fingerprint density at radius 1 is 1.47 bits per heavy atom. The van der Waals surface area contributed by atoms with E-state index >= 15 is 0 Å². The van der Waals surface area contributed by atoms with Crippen molar-refractivity contribution in [3.63, 3.8) is 0 Å². The summed E-state index contributed by atoms with van der Waals surface area (Å²) in [7, 11) is 1.83. The Morgan fingerprint density at radius 3 is 2.79 bits per heavy atom. The number of carbonyl (C=O) groups is 1. The molecule has 19 heavy (non-hydrogen) atoms. The third-order valence-corrected chi connectivity index (χ3v) is 2.24. The predicted octanol–water partition coefficient (Wildman–Crippen LogP) is 1.51. The maximum atomic E-state index is 10.9. The van der Waals surface area contributed by atoms with Gasteiger partial charge in [-0.15, -0.1) is 0 Å². The highest BCUT2D eigenvalue weighted by molar-refractivity contribution is 5.91. The zero-order chi connectivity index (χ0) is 14.3. The van der Waals surface area contributed by atoms with E-state index in [1.807, 2.05) is 7.05 Å². The highest BCUT2D eigenvalue weighted by atomic mass is 16.6. The molecule has 0 fully saturated rings. The molecule has 6 nitrogen and oxygen atoms in total. The maximum Gasteiger partial charge on any atom is 0.293 e. The standard InChI is InChI=1S/C13H15N3O3/c1-10(17)15-12-7-6-11(5-3-4-8-14-2)9-13(12)16(18)19/h6-7,9,14H,4,8H2,1-2H3,(H,15,17). The topological polar surface area (TPSA) is 84.3 Å². The van der Waals surface area contributed by atoms with Crippen molar-refractivity contribution in [3.05, 3.63) is 33.9 Å². The molecule has 100 valence electrons. The Labute approximate surface area is 111 Å². The van der Waals surface area contributed by atoms with Gasteiger partial charge in [0.1, 0.15) is 5.69 Å². The van der Waals surface area contributed by atoms with E-state index in [1.54, 1.807) is 6.07 Å². The van der Waals surface area contributed by atoms with Crippen molar-refractivity contribution in [2.24, 2.45) is 0 Å². The van der Waals surface area contributed by atoms with Crippen molar-refractivity contribution in [1.29, 1.82) is 0 Å². The minimum absolute atomic E-state index is 0.157. The molecule has 0 atom stereocenters. The fraction of sp³-hybridized carbons (Fsp3) is 0.308. The molecule has 0 aromatic heterocycles. The molecule has 0 saturated carbocycles. The van der Waals surface area contributed by atoms with E-state index in [2.05, 4.69) is 22.5 Å². The first-order valence-electron chi connectivity index (χ1n) is 5.74. The van der Waals surface area contributed by atoms with Crippen LogP contribution in [-0.2, 0) is 4.79 Å². The first kappa shape index (κ1) is 14.7. The second-order valence-corrected chi connectivity index (χ2v) is 3.83. The Bertz CT molecular complexity index is 544. The van der Waals surface area contributed by atoms with Gasteiger partial charge in [-0.05, 0) is 19.2 Å². The molecule has 0 radical (unpaired) electrons. The van der Waals surface area contributed by atoms with Crippen molar-refractivity contribution < 1.29 is 9.72 Å². The van der Waals surface area contributed by atoms with Crippen molar-refractivity contribution >= 4 is 17.3 Å². The predicted molar refractivity (Wildman–Crippen MR) is 72.8 cm³/mol. The smallest absolute Gasteiger partial charge is 0.293 e. The number of nitrogens with one attached hydrogen (secondary N) is 2. The van der Waals surface area contributed by atoms with Crippen LogP contribution >= 0.6 is 0 Å². The summed E-state index contributed by atoms with van der Waals surface area (Å²) >= 11 is 0. The van der Waals surface area contributed by atoms with Crippen LogP contribution in [0.15, 0.2) is 18.2 Å². The highest BCUT2D eigenvalue weighted by Gasteiger charge is 2.14. The number of rotatable bonds is 4. The van der Waals surface area contributed by atoms with Crippen LogP contribution in [-0.4, -0.2) is 24.4 Å². The lowest BCUT2D eigenvalue weighted by molar-refractivity contribution is -0.383. The summed E-state index contributed by atoms with van der Waals surface area (Å²) in [5, 5.41) is 16.3. The molecule has 6 heteroatoms. The van der Waals surface area contributed by atoms with Gasteiger partial charge in [-0.2, -0.15) is 0 Å². The van der Waals surface area contributed by atoms with Crippen LogP contribution in [0.4, 0.5) is 11.4 Å². The number of hydrogen-bond donors (Lipinski definition) is 2. The van der Waals surface area contributed by atoms with Gasteiger partial charge in [-0.25, -0.2) is 0 Å². The van der Waals surface area contributed by atoms with Crippen molar-refractivity contribution in [2.45, 2.75) is 13.3 Å². The first-order valence-corrected chi connectivity index (χ1v) is 5.74. The van der Waals surface area contributed by atoms with Gasteiger partial charge < -0.3 is 10.6 Å². The van der Waals surface area contributed by atoms with Crippen LogP contribution in [0.1, 0.15) is 18.9 Å². The minimum atomic E-state index is -0.538. The molecule has 0 aliphatic carbocycles. The quantitative estimate of drug-likeness (QED) is 0.372. The van der Waals surface area contributed by atoms with Gasteiger partial charge in [0, 0.05) is 31.5 Å². The lowest BCUT2D eigenvalue weighted by Crippen LogP contribution is -2.08. The number of nitro benzene ring substituents is 1. The number of hydrogen-bond acceptors (Lipinski definition) is 4. The Kier molecular flexibility index (Phi) is 5.51. The molecule has 1 rings (SSSR count). The van der Waals surface area contributed by atoms with Gasteiger partial charge in [-0.1, -0.05) is 11.8 Å². The second kappa shape index (κ2) is 7.13. The van der Waals surface area contributed by atoms with E-state index in [9.17, 15) is 14.9 Å². The highest BCUT2D eigenvalue weighted by Crippen LogP contribution is 2.25. The normalized spacial score (nSPS) is 9.37. The third kappa shape index (κ3) is 4.77. The molecule has 0 bridgehead atoms. The lowest BCUT2D eigenvalue weighted by atomic mass is 10.1. The van der Waals surface area contributed by atoms with Crippen molar-refractivity contribution in [1.82, 2.24) is 5.32 Å². The molecule has 1 aromatic carbocycles. The summed E-state index contributed by atoms with van der Waals surface area (Å²) in [4.78, 5) is 21.3. The second-order valence-electron chi connectivity index (χ2n) is 3.83. The van der Waals surface area contributed by atoms with Crippen molar-refractivity contribution in [3.8, 4) is 11.8 Å². The number of amides is 1. The number of anilines is 1. The van der Waals surface area contributed by atoms with Crippen LogP contribution in [0, 0.1) is 22.0 Å². The molecule has 0 spiro atoms. The van der Waals surface area contributed by atoms with Crippen LogP contribution in [0.2, 0.25) is 0 Å². The summed E-state index contributed by atoms with van der Waals surface area (Å²) in [5.74, 6) is 5.40. The number of nitro groups is 1. The fourth-order valence-corrected chi connectivity index (χ4v) is 1.41. The average Bonchev–Trinajstić information content (AvgIpc) is 2.35. The summed E-state index contributed by atoms with van der Waals surface area (Å²) in [6, 6.07) is 4.49. The van der Waals surface area contributed by atoms with Crippen LogP contribution < -0.4 is 10.6 Å². The Morgan fingerprint density at radius 2 is 2.21 bits per heavy atom. The van der Waals surface area contributed by atoms with E-state index in [-0.39, 0.29) is 17.3 Å². The van der Waals surface area contributed by atoms with Gasteiger partial charge >= 0.3 is 0 Å². The summed E-state index contributed by atoms with van der Waals surface area (Å²) < 4.78 is 0. The molecule has 0 aliphatic rings. The van der Waals surface area contributed by atoms with Crippen molar-refractivity contribution in [2.75, 3.05) is 18.9 Å². The van der Waals surface area contributed by atoms with E-state index in [0.717, 1.165) is 6.54 Å². The molecule has 0 unspecified atom stereocenters. The molecular formula is C13H15N3O3. The van der Waals surface area contributed by atoms with E-state index in [0.29, 0.717) is 12.0 Å². The molecule has 0 saturated heterocycles. The average molecular weight is 261 g/mol. The third-order valence-electron chi connectivity index (χ3n) is 2.24. The van der Waals surface area contributed by atoms with Crippen LogP contribution in [0.3, 0.4) is 0 Å². The van der Waals surface area contributed by atoms with Gasteiger partial charge in [0.2, 0.25) is 5.91 Å². The van der Waals surface area contributed by atoms with E-state index in [4.69, 9.17) is 0 Å². The van der Waals surface area contributed by atoms with Gasteiger partial charge in [0.25, 0.3) is 5.69 Å². The summed E-state index contributed by atoms with van der Waals surface area (Å²) in [6.07, 6.45) is 0.664. The number of benzene rings is 1. The Hall–Kier alpha value is -2.39. The largest absolute Gasteiger partial charge is 0.321 e. The van der Waals surface area contributed by atoms with Crippen LogP contribution in [0.25, 0.3) is 0 Å². The molecular weight excluding hydrogens is 246 g/mol. The summed E-state index contributed by atoms with van der Waals surface area (Å²) in [5.41, 5.74) is 0.575. The van der Waals surface area contributed by atoms with Crippen LogP contribution in [0.5, 0.6) is 0 Å². The summed E-state index contributed by atoms with van der Waals surface area (Å²) in [6.45, 7) is 2.06. The number of nitrogens with zero attached hydrogens (tertiary/aromatic N) is 1. The monoisotopic (exact) mass is 261 g/mol. The van der Waals surface area contributed by atoms with Gasteiger partial charge in [0.15, 0.2) is 0 Å². The molecule has 2 N–H and O–H groups in total. The molecule has 0 heterocycles. The maximum absolute atomic E-state index is 10.9. The van der Waals surface area contributed by atoms with Gasteiger partial charge in [0.05, 0.1) is 4.92 Å². The molecule has 1 amide bonds. The Balaban J connectivity index is 2.98. The fourth-order valence-electron chi connectivity index (χ4n) is 1.41. The minimum Gasteiger partial charge on any atom is -0.321 e.